The van der Waals surface area contributed by atoms with Gasteiger partial charge in [-0.15, -0.1) is 0 Å². The van der Waals surface area contributed by atoms with Gasteiger partial charge in [0.1, 0.15) is 5.84 Å². The summed E-state index contributed by atoms with van der Waals surface area (Å²) in [5.41, 5.74) is 8.10. The molecule has 0 aliphatic rings. The first kappa shape index (κ1) is 11.3. The SMILES string of the molecule is NC(=NCCc1ccncc1)c1ccccc1. The van der Waals surface area contributed by atoms with Crippen molar-refractivity contribution >= 4 is 5.84 Å². The fourth-order valence-corrected chi connectivity index (χ4v) is 1.56. The number of benzene rings is 1. The van der Waals surface area contributed by atoms with Crippen LogP contribution >= 0.6 is 0 Å². The molecule has 86 valence electrons. The number of hydrogen-bond donors (Lipinski definition) is 1. The van der Waals surface area contributed by atoms with Crippen LogP contribution in [0.2, 0.25) is 0 Å². The molecule has 1 aromatic heterocycles. The van der Waals surface area contributed by atoms with Crippen LogP contribution in [0, 0.1) is 0 Å². The lowest BCUT2D eigenvalue weighted by molar-refractivity contribution is 0.961. The lowest BCUT2D eigenvalue weighted by Crippen LogP contribution is -2.14. The molecule has 0 radical (unpaired) electrons. The van der Waals surface area contributed by atoms with E-state index < -0.39 is 0 Å². The van der Waals surface area contributed by atoms with Gasteiger partial charge in [-0.3, -0.25) is 9.98 Å². The molecule has 2 aromatic rings. The lowest BCUT2D eigenvalue weighted by atomic mass is 10.2. The number of aromatic nitrogens is 1. The van der Waals surface area contributed by atoms with E-state index in [0.717, 1.165) is 12.0 Å². The fourth-order valence-electron chi connectivity index (χ4n) is 1.56. The summed E-state index contributed by atoms with van der Waals surface area (Å²) in [7, 11) is 0. The molecular weight excluding hydrogens is 210 g/mol. The van der Waals surface area contributed by atoms with Gasteiger partial charge in [0, 0.05) is 24.5 Å². The Labute approximate surface area is 101 Å². The molecule has 0 bridgehead atoms. The summed E-state index contributed by atoms with van der Waals surface area (Å²) >= 11 is 0. The van der Waals surface area contributed by atoms with Gasteiger partial charge in [-0.05, 0) is 24.1 Å². The third kappa shape index (κ3) is 3.41. The Kier molecular flexibility index (Phi) is 3.86. The minimum atomic E-state index is 0.597. The molecule has 0 saturated heterocycles. The second kappa shape index (κ2) is 5.80. The van der Waals surface area contributed by atoms with Crippen molar-refractivity contribution in [2.24, 2.45) is 10.7 Å². The third-order valence-electron chi connectivity index (χ3n) is 2.50. The van der Waals surface area contributed by atoms with Crippen molar-refractivity contribution in [2.45, 2.75) is 6.42 Å². The molecule has 17 heavy (non-hydrogen) atoms. The zero-order chi connectivity index (χ0) is 11.9. The predicted molar refractivity (Wildman–Crippen MR) is 70.0 cm³/mol. The Balaban J connectivity index is 1.93. The summed E-state index contributed by atoms with van der Waals surface area (Å²) < 4.78 is 0. The summed E-state index contributed by atoms with van der Waals surface area (Å²) in [6, 6.07) is 13.8. The Bertz CT molecular complexity index is 477. The van der Waals surface area contributed by atoms with Gasteiger partial charge in [-0.2, -0.15) is 0 Å². The van der Waals surface area contributed by atoms with Crippen LogP contribution in [0.3, 0.4) is 0 Å². The van der Waals surface area contributed by atoms with Crippen molar-refractivity contribution in [1.29, 1.82) is 0 Å². The lowest BCUT2D eigenvalue weighted by Gasteiger charge is -2.01. The van der Waals surface area contributed by atoms with E-state index >= 15 is 0 Å². The Morgan fingerprint density at radius 3 is 2.47 bits per heavy atom. The van der Waals surface area contributed by atoms with Crippen LogP contribution in [-0.2, 0) is 6.42 Å². The van der Waals surface area contributed by atoms with Crippen molar-refractivity contribution < 1.29 is 0 Å². The molecule has 1 heterocycles. The molecule has 0 spiro atoms. The first-order valence-corrected chi connectivity index (χ1v) is 5.60. The number of nitrogens with zero attached hydrogens (tertiary/aromatic N) is 2. The van der Waals surface area contributed by atoms with Gasteiger partial charge in [-0.25, -0.2) is 0 Å². The molecule has 2 N–H and O–H groups in total. The average molecular weight is 225 g/mol. The second-order valence-electron chi connectivity index (χ2n) is 3.74. The zero-order valence-corrected chi connectivity index (χ0v) is 9.58. The highest BCUT2D eigenvalue weighted by Gasteiger charge is 1.96. The highest BCUT2D eigenvalue weighted by atomic mass is 14.8. The topological polar surface area (TPSA) is 51.3 Å². The maximum absolute atomic E-state index is 5.90. The number of amidine groups is 1. The second-order valence-corrected chi connectivity index (χ2v) is 3.74. The van der Waals surface area contributed by atoms with Gasteiger partial charge in [-0.1, -0.05) is 30.3 Å². The smallest absolute Gasteiger partial charge is 0.125 e. The van der Waals surface area contributed by atoms with E-state index in [1.54, 1.807) is 12.4 Å². The van der Waals surface area contributed by atoms with E-state index in [4.69, 9.17) is 5.73 Å². The largest absolute Gasteiger partial charge is 0.384 e. The molecule has 0 amide bonds. The third-order valence-corrected chi connectivity index (χ3v) is 2.50. The molecule has 0 unspecified atom stereocenters. The Hall–Kier alpha value is -2.16. The van der Waals surface area contributed by atoms with Crippen LogP contribution in [0.15, 0.2) is 59.9 Å². The molecule has 0 aliphatic heterocycles. The molecular formula is C14H15N3. The number of aliphatic imine (C=N–C) groups is 1. The summed E-state index contributed by atoms with van der Waals surface area (Å²) in [6.45, 7) is 0.699. The standard InChI is InChI=1S/C14H15N3/c15-14(13-4-2-1-3-5-13)17-11-8-12-6-9-16-10-7-12/h1-7,9-10H,8,11H2,(H2,15,17). The zero-order valence-electron chi connectivity index (χ0n) is 9.58. The van der Waals surface area contributed by atoms with Crippen LogP contribution in [-0.4, -0.2) is 17.4 Å². The van der Waals surface area contributed by atoms with Crippen LogP contribution in [0.25, 0.3) is 0 Å². The van der Waals surface area contributed by atoms with Crippen LogP contribution < -0.4 is 5.73 Å². The van der Waals surface area contributed by atoms with Crippen LogP contribution in [0.1, 0.15) is 11.1 Å². The number of pyridine rings is 1. The molecule has 3 nitrogen and oxygen atoms in total. The minimum Gasteiger partial charge on any atom is -0.384 e. The van der Waals surface area contributed by atoms with Gasteiger partial charge >= 0.3 is 0 Å². The molecule has 0 saturated carbocycles. The van der Waals surface area contributed by atoms with E-state index in [9.17, 15) is 0 Å². The van der Waals surface area contributed by atoms with Gasteiger partial charge < -0.3 is 5.73 Å². The Morgan fingerprint density at radius 2 is 1.76 bits per heavy atom. The van der Waals surface area contributed by atoms with Crippen molar-refractivity contribution in [1.82, 2.24) is 4.98 Å². The molecule has 2 rings (SSSR count). The summed E-state index contributed by atoms with van der Waals surface area (Å²) in [5, 5.41) is 0. The maximum atomic E-state index is 5.90. The van der Waals surface area contributed by atoms with E-state index in [1.807, 2.05) is 42.5 Å². The summed E-state index contributed by atoms with van der Waals surface area (Å²) in [4.78, 5) is 8.34. The van der Waals surface area contributed by atoms with E-state index in [-0.39, 0.29) is 0 Å². The predicted octanol–water partition coefficient (Wildman–Crippen LogP) is 2.03. The van der Waals surface area contributed by atoms with Crippen molar-refractivity contribution in [3.63, 3.8) is 0 Å². The first-order chi connectivity index (χ1) is 8.36. The maximum Gasteiger partial charge on any atom is 0.125 e. The van der Waals surface area contributed by atoms with Crippen molar-refractivity contribution in [3.05, 3.63) is 66.0 Å². The summed E-state index contributed by atoms with van der Waals surface area (Å²) in [6.07, 6.45) is 4.47. The van der Waals surface area contributed by atoms with Crippen LogP contribution in [0.5, 0.6) is 0 Å². The quantitative estimate of drug-likeness (QED) is 0.639. The highest BCUT2D eigenvalue weighted by molar-refractivity contribution is 5.97. The summed E-state index contributed by atoms with van der Waals surface area (Å²) in [5.74, 6) is 0.597. The first-order valence-electron chi connectivity index (χ1n) is 5.60. The molecule has 0 fully saturated rings. The van der Waals surface area contributed by atoms with Gasteiger partial charge in [0.25, 0.3) is 0 Å². The molecule has 3 heteroatoms. The number of nitrogens with two attached hydrogens (primary N) is 1. The van der Waals surface area contributed by atoms with Gasteiger partial charge in [0.15, 0.2) is 0 Å². The molecule has 1 aromatic carbocycles. The van der Waals surface area contributed by atoms with E-state index in [0.29, 0.717) is 12.4 Å². The van der Waals surface area contributed by atoms with E-state index in [1.165, 1.54) is 5.56 Å². The van der Waals surface area contributed by atoms with Gasteiger partial charge in [0.2, 0.25) is 0 Å². The van der Waals surface area contributed by atoms with E-state index in [2.05, 4.69) is 9.98 Å². The number of rotatable bonds is 4. The van der Waals surface area contributed by atoms with Crippen LogP contribution in [0.4, 0.5) is 0 Å². The fraction of sp³-hybridized carbons (Fsp3) is 0.143. The normalized spacial score (nSPS) is 11.4. The minimum absolute atomic E-state index is 0.597. The van der Waals surface area contributed by atoms with Gasteiger partial charge in [0.05, 0.1) is 0 Å². The number of hydrogen-bond acceptors (Lipinski definition) is 2. The Morgan fingerprint density at radius 1 is 1.06 bits per heavy atom. The highest BCUT2D eigenvalue weighted by Crippen LogP contribution is 2.00. The van der Waals surface area contributed by atoms with Crippen molar-refractivity contribution in [3.8, 4) is 0 Å². The van der Waals surface area contributed by atoms with Crippen molar-refractivity contribution in [2.75, 3.05) is 6.54 Å². The monoisotopic (exact) mass is 225 g/mol. The molecule has 0 atom stereocenters. The average Bonchev–Trinajstić information content (AvgIpc) is 2.41. The molecule has 0 aliphatic carbocycles.